The van der Waals surface area contributed by atoms with Crippen molar-refractivity contribution in [3.8, 4) is 0 Å². The van der Waals surface area contributed by atoms with E-state index in [0.717, 1.165) is 12.8 Å². The molecule has 0 aromatic carbocycles. The van der Waals surface area contributed by atoms with E-state index in [1.807, 2.05) is 6.08 Å². The average molecular weight is 138 g/mol. The normalized spacial score (nSPS) is 12.2. The summed E-state index contributed by atoms with van der Waals surface area (Å²) in [5.41, 5.74) is 1.51. The molecule has 0 spiro atoms. The first-order valence-electron chi connectivity index (χ1n) is 4.02. The highest BCUT2D eigenvalue weighted by Crippen LogP contribution is 2.14. The Morgan fingerprint density at radius 2 is 2.10 bits per heavy atom. The predicted octanol–water partition coefficient (Wildman–Crippen LogP) is 3.55. The molecule has 0 aliphatic rings. The Morgan fingerprint density at radius 3 is 2.40 bits per heavy atom. The van der Waals surface area contributed by atoms with Crippen molar-refractivity contribution in [2.24, 2.45) is 5.92 Å². The Labute approximate surface area is 64.6 Å². The summed E-state index contributed by atoms with van der Waals surface area (Å²) in [6, 6.07) is 0. The molecular weight excluding hydrogens is 120 g/mol. The third-order valence-electron chi connectivity index (χ3n) is 1.59. The molecule has 0 saturated carbocycles. The van der Waals surface area contributed by atoms with Gasteiger partial charge in [0.15, 0.2) is 0 Å². The van der Waals surface area contributed by atoms with E-state index in [4.69, 9.17) is 0 Å². The van der Waals surface area contributed by atoms with Crippen LogP contribution in [0.1, 0.15) is 33.6 Å². The first-order valence-corrected chi connectivity index (χ1v) is 4.02. The first-order chi connectivity index (χ1) is 4.72. The zero-order chi connectivity index (χ0) is 7.98. The van der Waals surface area contributed by atoms with Crippen LogP contribution in [0.5, 0.6) is 0 Å². The summed E-state index contributed by atoms with van der Waals surface area (Å²) in [4.78, 5) is 0. The first kappa shape index (κ1) is 9.48. The van der Waals surface area contributed by atoms with Gasteiger partial charge in [0.2, 0.25) is 0 Å². The molecule has 0 bridgehead atoms. The number of hydrogen-bond acceptors (Lipinski definition) is 0. The summed E-state index contributed by atoms with van der Waals surface area (Å²) in [5, 5.41) is 0. The smallest absolute Gasteiger partial charge is 0.0139 e. The van der Waals surface area contributed by atoms with Crippen LogP contribution in [0.25, 0.3) is 0 Å². The van der Waals surface area contributed by atoms with E-state index in [1.165, 1.54) is 5.57 Å². The standard InChI is InChI=1S/C10H18/c1-5-7-10(8-6-2)9(3)4/h5,8-9H,1,6-7H2,2-4H3/b10-8-. The molecule has 0 saturated heterocycles. The second kappa shape index (κ2) is 5.28. The molecule has 0 aliphatic heterocycles. The molecule has 0 unspecified atom stereocenters. The molecule has 0 N–H and O–H groups in total. The number of hydrogen-bond donors (Lipinski definition) is 0. The number of rotatable bonds is 4. The minimum Gasteiger partial charge on any atom is -0.103 e. The summed E-state index contributed by atoms with van der Waals surface area (Å²) in [5.74, 6) is 0.679. The zero-order valence-electron chi connectivity index (χ0n) is 7.35. The predicted molar refractivity (Wildman–Crippen MR) is 48.0 cm³/mol. The lowest BCUT2D eigenvalue weighted by Crippen LogP contribution is -1.91. The van der Waals surface area contributed by atoms with Gasteiger partial charge in [0.1, 0.15) is 0 Å². The van der Waals surface area contributed by atoms with Crippen LogP contribution in [-0.4, -0.2) is 0 Å². The summed E-state index contributed by atoms with van der Waals surface area (Å²) in [6.45, 7) is 10.4. The maximum atomic E-state index is 3.72. The monoisotopic (exact) mass is 138 g/mol. The summed E-state index contributed by atoms with van der Waals surface area (Å²) >= 11 is 0. The summed E-state index contributed by atoms with van der Waals surface area (Å²) in [7, 11) is 0. The Bertz CT molecular complexity index is 118. The van der Waals surface area contributed by atoms with Gasteiger partial charge in [0.05, 0.1) is 0 Å². The van der Waals surface area contributed by atoms with Crippen molar-refractivity contribution in [2.75, 3.05) is 0 Å². The fourth-order valence-electron chi connectivity index (χ4n) is 0.984. The molecule has 10 heavy (non-hydrogen) atoms. The molecule has 0 aromatic heterocycles. The fraction of sp³-hybridized carbons (Fsp3) is 0.600. The molecule has 0 rings (SSSR count). The van der Waals surface area contributed by atoms with Gasteiger partial charge >= 0.3 is 0 Å². The summed E-state index contributed by atoms with van der Waals surface area (Å²) in [6.07, 6.45) is 6.46. The third-order valence-corrected chi connectivity index (χ3v) is 1.59. The van der Waals surface area contributed by atoms with Gasteiger partial charge in [0, 0.05) is 0 Å². The van der Waals surface area contributed by atoms with Crippen LogP contribution in [0.4, 0.5) is 0 Å². The lowest BCUT2D eigenvalue weighted by molar-refractivity contribution is 0.741. The van der Waals surface area contributed by atoms with Gasteiger partial charge in [-0.3, -0.25) is 0 Å². The molecule has 0 radical (unpaired) electrons. The van der Waals surface area contributed by atoms with Gasteiger partial charge in [0.25, 0.3) is 0 Å². The minimum atomic E-state index is 0.679. The highest BCUT2D eigenvalue weighted by atomic mass is 14.0. The van der Waals surface area contributed by atoms with E-state index in [1.54, 1.807) is 0 Å². The van der Waals surface area contributed by atoms with Crippen molar-refractivity contribution in [3.05, 3.63) is 24.3 Å². The third kappa shape index (κ3) is 3.49. The molecule has 0 aromatic rings. The van der Waals surface area contributed by atoms with Crippen molar-refractivity contribution in [3.63, 3.8) is 0 Å². The van der Waals surface area contributed by atoms with Crippen molar-refractivity contribution in [1.82, 2.24) is 0 Å². The van der Waals surface area contributed by atoms with Gasteiger partial charge in [-0.25, -0.2) is 0 Å². The van der Waals surface area contributed by atoms with Crippen molar-refractivity contribution in [1.29, 1.82) is 0 Å². The average Bonchev–Trinajstić information content (AvgIpc) is 1.87. The van der Waals surface area contributed by atoms with Crippen LogP contribution in [0.15, 0.2) is 24.3 Å². The van der Waals surface area contributed by atoms with Gasteiger partial charge in [-0.2, -0.15) is 0 Å². The molecular formula is C10H18. The van der Waals surface area contributed by atoms with Gasteiger partial charge < -0.3 is 0 Å². The van der Waals surface area contributed by atoms with Crippen LogP contribution in [0.3, 0.4) is 0 Å². The second-order valence-electron chi connectivity index (χ2n) is 2.83. The van der Waals surface area contributed by atoms with Crippen molar-refractivity contribution in [2.45, 2.75) is 33.6 Å². The highest BCUT2D eigenvalue weighted by molar-refractivity contribution is 5.08. The maximum Gasteiger partial charge on any atom is -0.0139 e. The van der Waals surface area contributed by atoms with Gasteiger partial charge in [-0.1, -0.05) is 38.5 Å². The SMILES string of the molecule is C=CC/C(=C/CC)C(C)C. The van der Waals surface area contributed by atoms with Crippen LogP contribution in [0, 0.1) is 5.92 Å². The topological polar surface area (TPSA) is 0 Å². The lowest BCUT2D eigenvalue weighted by Gasteiger charge is -2.07. The Balaban J connectivity index is 3.96. The van der Waals surface area contributed by atoms with E-state index >= 15 is 0 Å². The Hall–Kier alpha value is -0.520. The lowest BCUT2D eigenvalue weighted by atomic mass is 9.99. The molecule has 0 heteroatoms. The van der Waals surface area contributed by atoms with E-state index in [9.17, 15) is 0 Å². The second-order valence-corrected chi connectivity index (χ2v) is 2.83. The van der Waals surface area contributed by atoms with Gasteiger partial charge in [-0.05, 0) is 18.8 Å². The Kier molecular flexibility index (Phi) is 5.00. The molecule has 58 valence electrons. The van der Waals surface area contributed by atoms with E-state index in [-0.39, 0.29) is 0 Å². The molecule has 0 atom stereocenters. The van der Waals surface area contributed by atoms with E-state index in [2.05, 4.69) is 33.4 Å². The van der Waals surface area contributed by atoms with Crippen molar-refractivity contribution < 1.29 is 0 Å². The zero-order valence-corrected chi connectivity index (χ0v) is 7.35. The minimum absolute atomic E-state index is 0.679. The van der Waals surface area contributed by atoms with Crippen molar-refractivity contribution >= 4 is 0 Å². The molecule has 0 heterocycles. The summed E-state index contributed by atoms with van der Waals surface area (Å²) < 4.78 is 0. The van der Waals surface area contributed by atoms with Crippen LogP contribution in [0.2, 0.25) is 0 Å². The molecule has 0 amide bonds. The maximum absolute atomic E-state index is 3.72. The quantitative estimate of drug-likeness (QED) is 0.521. The van der Waals surface area contributed by atoms with Crippen LogP contribution < -0.4 is 0 Å². The van der Waals surface area contributed by atoms with E-state index in [0.29, 0.717) is 5.92 Å². The Morgan fingerprint density at radius 1 is 1.50 bits per heavy atom. The molecule has 0 nitrogen and oxygen atoms in total. The van der Waals surface area contributed by atoms with Crippen LogP contribution in [-0.2, 0) is 0 Å². The largest absolute Gasteiger partial charge is 0.103 e. The highest BCUT2D eigenvalue weighted by Gasteiger charge is 1.98. The van der Waals surface area contributed by atoms with E-state index < -0.39 is 0 Å². The molecule has 0 aliphatic carbocycles. The fourth-order valence-corrected chi connectivity index (χ4v) is 0.984. The van der Waals surface area contributed by atoms with Crippen LogP contribution >= 0.6 is 0 Å². The number of allylic oxidation sites excluding steroid dienone is 3. The van der Waals surface area contributed by atoms with Gasteiger partial charge in [-0.15, -0.1) is 6.58 Å². The molecule has 0 fully saturated rings.